The highest BCUT2D eigenvalue weighted by Gasteiger charge is 2.04. The smallest absolute Gasteiger partial charge is 0.143 e. The van der Waals surface area contributed by atoms with Crippen molar-refractivity contribution in [2.24, 2.45) is 0 Å². The molecule has 0 aromatic carbocycles. The second-order valence-corrected chi connectivity index (χ2v) is 3.25. The zero-order valence-corrected chi connectivity index (χ0v) is 9.19. The number of pyridine rings is 1. The Balaban J connectivity index is 2.52. The van der Waals surface area contributed by atoms with Crippen molar-refractivity contribution < 1.29 is 14.6 Å². The van der Waals surface area contributed by atoms with Gasteiger partial charge in [-0.3, -0.25) is 4.98 Å². The summed E-state index contributed by atoms with van der Waals surface area (Å²) in [7, 11) is 1.66. The van der Waals surface area contributed by atoms with E-state index in [0.717, 1.165) is 12.1 Å². The molecule has 0 aliphatic carbocycles. The number of nitrogens with zero attached hydrogens (tertiary/aromatic N) is 1. The fourth-order valence-electron chi connectivity index (χ4n) is 1.23. The molecule has 0 radical (unpaired) electrons. The summed E-state index contributed by atoms with van der Waals surface area (Å²) in [5.74, 6) is 0.652. The first-order valence-corrected chi connectivity index (χ1v) is 4.97. The summed E-state index contributed by atoms with van der Waals surface area (Å²) in [5, 5.41) is 9.08. The summed E-state index contributed by atoms with van der Waals surface area (Å²) in [5.41, 5.74) is 1.47. The van der Waals surface area contributed by atoms with Crippen LogP contribution in [0.1, 0.15) is 17.8 Å². The largest absolute Gasteiger partial charge is 0.491 e. The van der Waals surface area contributed by atoms with Gasteiger partial charge in [0.15, 0.2) is 0 Å². The number of rotatable bonds is 6. The van der Waals surface area contributed by atoms with Crippen molar-refractivity contribution in [2.75, 3.05) is 20.3 Å². The van der Waals surface area contributed by atoms with Crippen molar-refractivity contribution >= 4 is 0 Å². The molecule has 1 rings (SSSR count). The molecule has 0 aliphatic rings. The van der Waals surface area contributed by atoms with Gasteiger partial charge in [0.2, 0.25) is 0 Å². The van der Waals surface area contributed by atoms with E-state index < -0.39 is 0 Å². The third-order valence-corrected chi connectivity index (χ3v) is 1.97. The molecule has 84 valence electrons. The van der Waals surface area contributed by atoms with Crippen molar-refractivity contribution in [3.63, 3.8) is 0 Å². The van der Waals surface area contributed by atoms with E-state index in [1.807, 2.05) is 19.1 Å². The lowest BCUT2D eigenvalue weighted by atomic mass is 10.3. The molecule has 1 N–H and O–H groups in total. The Hall–Kier alpha value is -1.13. The van der Waals surface area contributed by atoms with E-state index in [9.17, 15) is 0 Å². The monoisotopic (exact) mass is 211 g/mol. The first kappa shape index (κ1) is 11.9. The lowest BCUT2D eigenvalue weighted by Gasteiger charge is -2.09. The molecule has 0 saturated heterocycles. The van der Waals surface area contributed by atoms with Gasteiger partial charge in [-0.1, -0.05) is 0 Å². The highest BCUT2D eigenvalue weighted by atomic mass is 16.5. The van der Waals surface area contributed by atoms with Gasteiger partial charge in [-0.05, 0) is 19.1 Å². The van der Waals surface area contributed by atoms with Gasteiger partial charge < -0.3 is 14.6 Å². The molecule has 0 fully saturated rings. The van der Waals surface area contributed by atoms with Crippen LogP contribution in [0.15, 0.2) is 12.1 Å². The highest BCUT2D eigenvalue weighted by Crippen LogP contribution is 2.16. The van der Waals surface area contributed by atoms with E-state index in [0.29, 0.717) is 24.7 Å². The van der Waals surface area contributed by atoms with Crippen molar-refractivity contribution in [2.45, 2.75) is 20.0 Å². The molecule has 4 heteroatoms. The number of methoxy groups -OCH3 is 1. The molecule has 0 aliphatic heterocycles. The molecule has 1 aromatic heterocycles. The van der Waals surface area contributed by atoms with Crippen LogP contribution in [-0.4, -0.2) is 30.4 Å². The summed E-state index contributed by atoms with van der Waals surface area (Å²) in [6.07, 6.45) is 0.829. The van der Waals surface area contributed by atoms with Gasteiger partial charge >= 0.3 is 0 Å². The van der Waals surface area contributed by atoms with Crippen LogP contribution in [0.4, 0.5) is 0 Å². The molecule has 0 atom stereocenters. The Morgan fingerprint density at radius 2 is 2.13 bits per heavy atom. The second-order valence-electron chi connectivity index (χ2n) is 3.25. The first-order chi connectivity index (χ1) is 7.27. The minimum Gasteiger partial charge on any atom is -0.491 e. The summed E-state index contributed by atoms with van der Waals surface area (Å²) in [6.45, 7) is 3.04. The molecule has 1 aromatic rings. The maximum absolute atomic E-state index is 9.08. The van der Waals surface area contributed by atoms with Gasteiger partial charge in [0.1, 0.15) is 11.4 Å². The van der Waals surface area contributed by atoms with Gasteiger partial charge in [-0.2, -0.15) is 0 Å². The van der Waals surface area contributed by atoms with Crippen LogP contribution in [0.2, 0.25) is 0 Å². The van der Waals surface area contributed by atoms with Crippen LogP contribution >= 0.6 is 0 Å². The van der Waals surface area contributed by atoms with Crippen molar-refractivity contribution in [1.29, 1.82) is 0 Å². The van der Waals surface area contributed by atoms with E-state index in [2.05, 4.69) is 4.98 Å². The third kappa shape index (κ3) is 3.85. The second kappa shape index (κ2) is 6.37. The number of aromatic nitrogens is 1. The predicted molar refractivity (Wildman–Crippen MR) is 56.9 cm³/mol. The zero-order chi connectivity index (χ0) is 11.1. The maximum Gasteiger partial charge on any atom is 0.143 e. The van der Waals surface area contributed by atoms with Crippen molar-refractivity contribution in [3.8, 4) is 5.75 Å². The molecule has 4 nitrogen and oxygen atoms in total. The van der Waals surface area contributed by atoms with Crippen LogP contribution in [0.3, 0.4) is 0 Å². The Kier molecular flexibility index (Phi) is 5.07. The molecular formula is C11H17NO3. The average Bonchev–Trinajstić information content (AvgIpc) is 2.26. The van der Waals surface area contributed by atoms with E-state index in [1.54, 1.807) is 7.11 Å². The number of aryl methyl sites for hydroxylation is 1. The summed E-state index contributed by atoms with van der Waals surface area (Å²) < 4.78 is 10.4. The SMILES string of the molecule is COCCCOc1ccc(C)nc1CO. The maximum atomic E-state index is 9.08. The molecule has 0 amide bonds. The Morgan fingerprint density at radius 1 is 1.33 bits per heavy atom. The number of hydrogen-bond donors (Lipinski definition) is 1. The zero-order valence-electron chi connectivity index (χ0n) is 9.19. The number of aliphatic hydroxyl groups is 1. The van der Waals surface area contributed by atoms with Gasteiger partial charge in [-0.15, -0.1) is 0 Å². The summed E-state index contributed by atoms with van der Waals surface area (Å²) in [4.78, 5) is 4.18. The first-order valence-electron chi connectivity index (χ1n) is 4.97. The van der Waals surface area contributed by atoms with Gasteiger partial charge in [0.05, 0.1) is 13.2 Å². The highest BCUT2D eigenvalue weighted by molar-refractivity contribution is 5.28. The van der Waals surface area contributed by atoms with Crippen LogP contribution < -0.4 is 4.74 Å². The van der Waals surface area contributed by atoms with Crippen molar-refractivity contribution in [3.05, 3.63) is 23.5 Å². The fourth-order valence-corrected chi connectivity index (χ4v) is 1.23. The topological polar surface area (TPSA) is 51.6 Å². The van der Waals surface area contributed by atoms with E-state index in [1.165, 1.54) is 0 Å². The lowest BCUT2D eigenvalue weighted by molar-refractivity contribution is 0.170. The van der Waals surface area contributed by atoms with Gasteiger partial charge in [0, 0.05) is 25.8 Å². The van der Waals surface area contributed by atoms with E-state index >= 15 is 0 Å². The Morgan fingerprint density at radius 3 is 2.80 bits per heavy atom. The summed E-state index contributed by atoms with van der Waals surface area (Å²) >= 11 is 0. The normalized spacial score (nSPS) is 10.3. The molecular weight excluding hydrogens is 194 g/mol. The Bertz CT molecular complexity index is 302. The minimum absolute atomic E-state index is 0.0959. The van der Waals surface area contributed by atoms with E-state index in [-0.39, 0.29) is 6.61 Å². The molecule has 0 saturated carbocycles. The van der Waals surface area contributed by atoms with Crippen molar-refractivity contribution in [1.82, 2.24) is 4.98 Å². The number of aliphatic hydroxyl groups excluding tert-OH is 1. The minimum atomic E-state index is -0.0959. The fraction of sp³-hybridized carbons (Fsp3) is 0.545. The molecule has 1 heterocycles. The molecule has 0 bridgehead atoms. The lowest BCUT2D eigenvalue weighted by Crippen LogP contribution is -2.05. The van der Waals surface area contributed by atoms with E-state index in [4.69, 9.17) is 14.6 Å². The quantitative estimate of drug-likeness (QED) is 0.720. The van der Waals surface area contributed by atoms with Crippen LogP contribution in [0, 0.1) is 6.92 Å². The molecule has 0 unspecified atom stereocenters. The summed E-state index contributed by atoms with van der Waals surface area (Å²) in [6, 6.07) is 3.70. The number of ether oxygens (including phenoxy) is 2. The van der Waals surface area contributed by atoms with Crippen LogP contribution in [-0.2, 0) is 11.3 Å². The molecule has 15 heavy (non-hydrogen) atoms. The number of hydrogen-bond acceptors (Lipinski definition) is 4. The standard InChI is InChI=1S/C11H17NO3/c1-9-4-5-11(10(8-13)12-9)15-7-3-6-14-2/h4-5,13H,3,6-8H2,1-2H3. The van der Waals surface area contributed by atoms with Crippen LogP contribution in [0.25, 0.3) is 0 Å². The van der Waals surface area contributed by atoms with Gasteiger partial charge in [-0.25, -0.2) is 0 Å². The average molecular weight is 211 g/mol. The van der Waals surface area contributed by atoms with Crippen LogP contribution in [0.5, 0.6) is 5.75 Å². The van der Waals surface area contributed by atoms with Gasteiger partial charge in [0.25, 0.3) is 0 Å². The Labute approximate surface area is 89.9 Å². The predicted octanol–water partition coefficient (Wildman–Crippen LogP) is 1.30. The molecule has 0 spiro atoms. The third-order valence-electron chi connectivity index (χ3n) is 1.97.